The van der Waals surface area contributed by atoms with Gasteiger partial charge < -0.3 is 9.80 Å². The van der Waals surface area contributed by atoms with Crippen LogP contribution in [-0.4, -0.2) is 39.6 Å². The minimum atomic E-state index is -0.551. The minimum Gasteiger partial charge on any atom is -0.332 e. The standard InChI is InChI=1S/C25H25N3O4S/c1-3-14-26(25(30)21-10-7-11-22(15-21)28(31)32)18-24(29)27(16-20-8-5-4-6-9-20)17-23-13-12-19(2)33-23/h3-13,15H,1,14,16-18H2,2H3. The Labute approximate surface area is 196 Å². The molecule has 0 unspecified atom stereocenters. The molecule has 0 saturated heterocycles. The van der Waals surface area contributed by atoms with Crippen LogP contribution in [0.1, 0.15) is 25.7 Å². The van der Waals surface area contributed by atoms with Crippen molar-refractivity contribution in [1.29, 1.82) is 0 Å². The lowest BCUT2D eigenvalue weighted by atomic mass is 10.1. The van der Waals surface area contributed by atoms with Crippen LogP contribution in [0.5, 0.6) is 0 Å². The van der Waals surface area contributed by atoms with Crippen LogP contribution in [0.4, 0.5) is 5.69 Å². The topological polar surface area (TPSA) is 83.8 Å². The molecule has 2 amide bonds. The van der Waals surface area contributed by atoms with E-state index < -0.39 is 10.8 Å². The van der Waals surface area contributed by atoms with Gasteiger partial charge in [-0.05, 0) is 30.7 Å². The molecule has 0 bridgehead atoms. The molecule has 170 valence electrons. The number of amides is 2. The van der Waals surface area contributed by atoms with E-state index in [2.05, 4.69) is 6.58 Å². The van der Waals surface area contributed by atoms with Gasteiger partial charge >= 0.3 is 0 Å². The third kappa shape index (κ3) is 6.60. The molecule has 3 rings (SSSR count). The van der Waals surface area contributed by atoms with Gasteiger partial charge in [0, 0.05) is 40.5 Å². The summed E-state index contributed by atoms with van der Waals surface area (Å²) in [4.78, 5) is 42.2. The number of benzene rings is 2. The van der Waals surface area contributed by atoms with Gasteiger partial charge in [-0.1, -0.05) is 42.5 Å². The van der Waals surface area contributed by atoms with Gasteiger partial charge in [-0.2, -0.15) is 0 Å². The Kier molecular flexibility index (Phi) is 8.10. The highest BCUT2D eigenvalue weighted by Crippen LogP contribution is 2.20. The number of hydrogen-bond donors (Lipinski definition) is 0. The number of aryl methyl sites for hydroxylation is 1. The first kappa shape index (κ1) is 23.9. The zero-order chi connectivity index (χ0) is 23.8. The van der Waals surface area contributed by atoms with E-state index in [-0.39, 0.29) is 30.2 Å². The quantitative estimate of drug-likeness (QED) is 0.245. The molecule has 0 aliphatic heterocycles. The highest BCUT2D eigenvalue weighted by atomic mass is 32.1. The van der Waals surface area contributed by atoms with Gasteiger partial charge in [0.25, 0.3) is 11.6 Å². The van der Waals surface area contributed by atoms with Crippen molar-refractivity contribution in [2.75, 3.05) is 13.1 Å². The molecule has 7 nitrogen and oxygen atoms in total. The second-order valence-corrected chi connectivity index (χ2v) is 8.90. The van der Waals surface area contributed by atoms with Gasteiger partial charge in [0.1, 0.15) is 6.54 Å². The predicted octanol–water partition coefficient (Wildman–Crippen LogP) is 4.82. The van der Waals surface area contributed by atoms with Gasteiger partial charge in [0.2, 0.25) is 5.91 Å². The van der Waals surface area contributed by atoms with Crippen LogP contribution in [0, 0.1) is 17.0 Å². The lowest BCUT2D eigenvalue weighted by Crippen LogP contribution is -2.42. The van der Waals surface area contributed by atoms with E-state index in [1.54, 1.807) is 16.2 Å². The lowest BCUT2D eigenvalue weighted by Gasteiger charge is -2.27. The Morgan fingerprint density at radius 2 is 1.79 bits per heavy atom. The number of hydrogen-bond acceptors (Lipinski definition) is 5. The van der Waals surface area contributed by atoms with Gasteiger partial charge in [0.05, 0.1) is 11.5 Å². The molecule has 8 heteroatoms. The molecular weight excluding hydrogens is 438 g/mol. The molecule has 2 aromatic carbocycles. The molecule has 0 N–H and O–H groups in total. The van der Waals surface area contributed by atoms with E-state index >= 15 is 0 Å². The minimum absolute atomic E-state index is 0.143. The Bertz CT molecular complexity index is 1140. The van der Waals surface area contributed by atoms with Crippen molar-refractivity contribution in [3.05, 3.63) is 110 Å². The summed E-state index contributed by atoms with van der Waals surface area (Å²) in [5.74, 6) is -0.677. The maximum Gasteiger partial charge on any atom is 0.270 e. The van der Waals surface area contributed by atoms with Crippen LogP contribution in [0.2, 0.25) is 0 Å². The van der Waals surface area contributed by atoms with Crippen LogP contribution < -0.4 is 0 Å². The molecular formula is C25H25N3O4S. The van der Waals surface area contributed by atoms with Crippen LogP contribution in [-0.2, 0) is 17.9 Å². The first-order valence-corrected chi connectivity index (χ1v) is 11.2. The molecule has 3 aromatic rings. The van der Waals surface area contributed by atoms with Crippen molar-refractivity contribution in [2.45, 2.75) is 20.0 Å². The highest BCUT2D eigenvalue weighted by molar-refractivity contribution is 7.11. The Morgan fingerprint density at radius 3 is 2.42 bits per heavy atom. The van der Waals surface area contributed by atoms with Crippen molar-refractivity contribution < 1.29 is 14.5 Å². The average Bonchev–Trinajstić information content (AvgIpc) is 3.23. The van der Waals surface area contributed by atoms with Gasteiger partial charge in [-0.25, -0.2) is 0 Å². The fourth-order valence-electron chi connectivity index (χ4n) is 3.37. The van der Waals surface area contributed by atoms with Crippen LogP contribution in [0.25, 0.3) is 0 Å². The Hall–Kier alpha value is -3.78. The number of nitro benzene ring substituents is 1. The van der Waals surface area contributed by atoms with E-state index in [1.165, 1.54) is 35.2 Å². The molecule has 1 aromatic heterocycles. The van der Waals surface area contributed by atoms with Crippen LogP contribution in [0.3, 0.4) is 0 Å². The molecule has 0 radical (unpaired) electrons. The summed E-state index contributed by atoms with van der Waals surface area (Å²) in [7, 11) is 0. The van der Waals surface area contributed by atoms with E-state index in [1.807, 2.05) is 49.4 Å². The van der Waals surface area contributed by atoms with Crippen molar-refractivity contribution in [2.24, 2.45) is 0 Å². The predicted molar refractivity (Wildman–Crippen MR) is 129 cm³/mol. The Morgan fingerprint density at radius 1 is 1.03 bits per heavy atom. The summed E-state index contributed by atoms with van der Waals surface area (Å²) in [5.41, 5.74) is 0.964. The van der Waals surface area contributed by atoms with Crippen LogP contribution in [0.15, 0.2) is 79.4 Å². The largest absolute Gasteiger partial charge is 0.332 e. The molecule has 0 atom stereocenters. The fraction of sp³-hybridized carbons (Fsp3) is 0.200. The maximum absolute atomic E-state index is 13.3. The number of non-ortho nitro benzene ring substituents is 1. The second kappa shape index (κ2) is 11.2. The zero-order valence-electron chi connectivity index (χ0n) is 18.3. The van der Waals surface area contributed by atoms with Crippen molar-refractivity contribution in [3.8, 4) is 0 Å². The third-order valence-corrected chi connectivity index (χ3v) is 5.96. The number of carbonyl (C=O) groups is 2. The lowest BCUT2D eigenvalue weighted by molar-refractivity contribution is -0.384. The molecule has 0 aliphatic rings. The number of thiophene rings is 1. The van der Waals surface area contributed by atoms with Gasteiger partial charge in [-0.15, -0.1) is 17.9 Å². The molecule has 0 spiro atoms. The normalized spacial score (nSPS) is 10.5. The zero-order valence-corrected chi connectivity index (χ0v) is 19.2. The molecule has 33 heavy (non-hydrogen) atoms. The highest BCUT2D eigenvalue weighted by Gasteiger charge is 2.23. The Balaban J connectivity index is 1.82. The van der Waals surface area contributed by atoms with Crippen molar-refractivity contribution >= 4 is 28.8 Å². The summed E-state index contributed by atoms with van der Waals surface area (Å²) in [6.07, 6.45) is 1.53. The number of rotatable bonds is 10. The first-order chi connectivity index (χ1) is 15.9. The van der Waals surface area contributed by atoms with Crippen molar-refractivity contribution in [3.63, 3.8) is 0 Å². The third-order valence-electron chi connectivity index (χ3n) is 4.98. The average molecular weight is 464 g/mol. The monoisotopic (exact) mass is 463 g/mol. The number of nitro groups is 1. The molecule has 1 heterocycles. The summed E-state index contributed by atoms with van der Waals surface area (Å²) in [6.45, 7) is 6.52. The van der Waals surface area contributed by atoms with E-state index in [4.69, 9.17) is 0 Å². The van der Waals surface area contributed by atoms with Gasteiger partial charge in [0.15, 0.2) is 0 Å². The van der Waals surface area contributed by atoms with E-state index in [9.17, 15) is 19.7 Å². The summed E-state index contributed by atoms with van der Waals surface area (Å²) in [6, 6.07) is 19.2. The fourth-order valence-corrected chi connectivity index (χ4v) is 4.27. The molecule has 0 aliphatic carbocycles. The number of carbonyl (C=O) groups excluding carboxylic acids is 2. The van der Waals surface area contributed by atoms with E-state index in [0.29, 0.717) is 13.1 Å². The SMILES string of the molecule is C=CCN(CC(=O)N(Cc1ccccc1)Cc1ccc(C)s1)C(=O)c1cccc([N+](=O)[O-])c1. The summed E-state index contributed by atoms with van der Waals surface area (Å²) >= 11 is 1.63. The summed E-state index contributed by atoms with van der Waals surface area (Å²) < 4.78 is 0. The maximum atomic E-state index is 13.3. The first-order valence-electron chi connectivity index (χ1n) is 10.4. The van der Waals surface area contributed by atoms with Crippen molar-refractivity contribution in [1.82, 2.24) is 9.80 Å². The number of nitrogens with zero attached hydrogens (tertiary/aromatic N) is 3. The second-order valence-electron chi connectivity index (χ2n) is 7.53. The van der Waals surface area contributed by atoms with Crippen LogP contribution >= 0.6 is 11.3 Å². The molecule has 0 fully saturated rings. The molecule has 0 saturated carbocycles. The van der Waals surface area contributed by atoms with E-state index in [0.717, 1.165) is 15.3 Å². The summed E-state index contributed by atoms with van der Waals surface area (Å²) in [5, 5.41) is 11.1. The van der Waals surface area contributed by atoms with Gasteiger partial charge in [-0.3, -0.25) is 19.7 Å². The smallest absolute Gasteiger partial charge is 0.270 e.